The molecule has 0 spiro atoms. The molecular weight excluding hydrogens is 254 g/mol. The lowest BCUT2D eigenvalue weighted by Gasteiger charge is -2.25. The highest BCUT2D eigenvalue weighted by atomic mass is 14.9. The third-order valence-electron chi connectivity index (χ3n) is 4.89. The zero-order valence-corrected chi connectivity index (χ0v) is 14.4. The standard InChI is InChI=1S/C20H35N/c1-5-12-17(6-2)20-16-11-15-19(21-4)14-10-8-9-13-18(20)7-3/h6,11-12,16,18-21H,2,5,7-10,13-15H2,1,3-4H3/b16-11-,17-12+. The van der Waals surface area contributed by atoms with E-state index in [0.717, 1.165) is 18.8 Å². The Kier molecular flexibility index (Phi) is 9.41. The van der Waals surface area contributed by atoms with Crippen LogP contribution in [0.25, 0.3) is 0 Å². The third kappa shape index (κ3) is 6.22. The maximum Gasteiger partial charge on any atom is 0.00985 e. The van der Waals surface area contributed by atoms with Gasteiger partial charge in [0.15, 0.2) is 0 Å². The Labute approximate surface area is 132 Å². The van der Waals surface area contributed by atoms with E-state index < -0.39 is 0 Å². The maximum absolute atomic E-state index is 4.05. The van der Waals surface area contributed by atoms with Gasteiger partial charge >= 0.3 is 0 Å². The maximum atomic E-state index is 4.05. The van der Waals surface area contributed by atoms with E-state index in [0.29, 0.717) is 12.0 Å². The summed E-state index contributed by atoms with van der Waals surface area (Å²) in [6.07, 6.45) is 19.6. The molecule has 1 nitrogen and oxygen atoms in total. The van der Waals surface area contributed by atoms with Crippen LogP contribution in [0.1, 0.15) is 65.2 Å². The SMILES string of the molecule is C=C/C(=C\CC)C1/C=C\CC(NC)CCCCCC1CC. The van der Waals surface area contributed by atoms with E-state index in [2.05, 4.69) is 57.1 Å². The number of rotatable bonds is 5. The number of hydrogen-bond donors (Lipinski definition) is 1. The van der Waals surface area contributed by atoms with Gasteiger partial charge in [-0.25, -0.2) is 0 Å². The van der Waals surface area contributed by atoms with Crippen LogP contribution < -0.4 is 5.32 Å². The Morgan fingerprint density at radius 1 is 1.24 bits per heavy atom. The molecule has 0 amide bonds. The topological polar surface area (TPSA) is 12.0 Å². The molecule has 1 rings (SSSR count). The average Bonchev–Trinajstić information content (AvgIpc) is 2.55. The lowest BCUT2D eigenvalue weighted by Crippen LogP contribution is -2.24. The number of nitrogens with one attached hydrogen (secondary N) is 1. The normalized spacial score (nSPS) is 30.4. The highest BCUT2D eigenvalue weighted by Gasteiger charge is 2.20. The summed E-state index contributed by atoms with van der Waals surface area (Å²) in [6, 6.07) is 0.641. The molecule has 0 heterocycles. The van der Waals surface area contributed by atoms with Crippen LogP contribution in [0.2, 0.25) is 0 Å². The van der Waals surface area contributed by atoms with Gasteiger partial charge in [0, 0.05) is 12.0 Å². The summed E-state index contributed by atoms with van der Waals surface area (Å²) in [5.41, 5.74) is 1.43. The molecule has 120 valence electrons. The molecule has 0 saturated carbocycles. The van der Waals surface area contributed by atoms with Crippen molar-refractivity contribution in [3.05, 3.63) is 36.5 Å². The summed E-state index contributed by atoms with van der Waals surface area (Å²) in [4.78, 5) is 0. The van der Waals surface area contributed by atoms with E-state index in [9.17, 15) is 0 Å². The highest BCUT2D eigenvalue weighted by molar-refractivity contribution is 5.25. The second-order valence-corrected chi connectivity index (χ2v) is 6.30. The van der Waals surface area contributed by atoms with Crippen LogP contribution in [0, 0.1) is 11.8 Å². The van der Waals surface area contributed by atoms with Gasteiger partial charge in [0.05, 0.1) is 0 Å². The molecule has 3 atom stereocenters. The molecule has 0 bridgehead atoms. The Morgan fingerprint density at radius 2 is 2.00 bits per heavy atom. The molecule has 0 aromatic heterocycles. The van der Waals surface area contributed by atoms with Crippen LogP contribution in [0.5, 0.6) is 0 Å². The number of hydrogen-bond acceptors (Lipinski definition) is 1. The monoisotopic (exact) mass is 289 g/mol. The molecule has 1 heteroatoms. The van der Waals surface area contributed by atoms with Crippen LogP contribution in [-0.4, -0.2) is 13.1 Å². The van der Waals surface area contributed by atoms with Crippen LogP contribution in [-0.2, 0) is 0 Å². The Morgan fingerprint density at radius 3 is 2.62 bits per heavy atom. The van der Waals surface area contributed by atoms with E-state index in [1.165, 1.54) is 44.1 Å². The van der Waals surface area contributed by atoms with Crippen molar-refractivity contribution in [2.45, 2.75) is 71.3 Å². The molecule has 0 aliphatic heterocycles. The molecular formula is C20H35N. The van der Waals surface area contributed by atoms with Gasteiger partial charge in [-0.15, -0.1) is 0 Å². The minimum Gasteiger partial charge on any atom is -0.317 e. The van der Waals surface area contributed by atoms with Gasteiger partial charge in [-0.05, 0) is 44.2 Å². The molecule has 0 aromatic carbocycles. The average molecular weight is 290 g/mol. The van der Waals surface area contributed by atoms with Gasteiger partial charge < -0.3 is 5.32 Å². The van der Waals surface area contributed by atoms with Crippen LogP contribution >= 0.6 is 0 Å². The first-order valence-electron chi connectivity index (χ1n) is 8.93. The molecule has 0 radical (unpaired) electrons. The quantitative estimate of drug-likeness (QED) is 0.509. The van der Waals surface area contributed by atoms with Crippen molar-refractivity contribution in [2.75, 3.05) is 7.05 Å². The van der Waals surface area contributed by atoms with Crippen LogP contribution in [0.15, 0.2) is 36.5 Å². The first-order chi connectivity index (χ1) is 10.3. The van der Waals surface area contributed by atoms with Gasteiger partial charge in [0.25, 0.3) is 0 Å². The van der Waals surface area contributed by atoms with Gasteiger partial charge in [-0.3, -0.25) is 0 Å². The van der Waals surface area contributed by atoms with E-state index >= 15 is 0 Å². The summed E-state index contributed by atoms with van der Waals surface area (Å²) < 4.78 is 0. The first-order valence-corrected chi connectivity index (χ1v) is 8.93. The minimum absolute atomic E-state index is 0.558. The smallest absolute Gasteiger partial charge is 0.00985 e. The van der Waals surface area contributed by atoms with E-state index in [-0.39, 0.29) is 0 Å². The minimum atomic E-state index is 0.558. The van der Waals surface area contributed by atoms with Crippen LogP contribution in [0.3, 0.4) is 0 Å². The second-order valence-electron chi connectivity index (χ2n) is 6.30. The van der Waals surface area contributed by atoms with Crippen molar-refractivity contribution in [2.24, 2.45) is 11.8 Å². The van der Waals surface area contributed by atoms with Gasteiger partial charge in [0.2, 0.25) is 0 Å². The van der Waals surface area contributed by atoms with Crippen molar-refractivity contribution in [3.63, 3.8) is 0 Å². The lowest BCUT2D eigenvalue weighted by atomic mass is 9.80. The molecule has 0 saturated heterocycles. The summed E-state index contributed by atoms with van der Waals surface area (Å²) >= 11 is 0. The molecule has 1 aliphatic rings. The summed E-state index contributed by atoms with van der Waals surface area (Å²) in [7, 11) is 2.09. The highest BCUT2D eigenvalue weighted by Crippen LogP contribution is 2.31. The fourth-order valence-corrected chi connectivity index (χ4v) is 3.51. The third-order valence-corrected chi connectivity index (χ3v) is 4.89. The Bertz CT molecular complexity index is 340. The lowest BCUT2D eigenvalue weighted by molar-refractivity contribution is 0.379. The first kappa shape index (κ1) is 18.2. The van der Waals surface area contributed by atoms with Crippen LogP contribution in [0.4, 0.5) is 0 Å². The van der Waals surface area contributed by atoms with Crippen molar-refractivity contribution in [1.29, 1.82) is 0 Å². The summed E-state index contributed by atoms with van der Waals surface area (Å²) in [5, 5.41) is 3.46. The predicted octanol–water partition coefficient (Wildman–Crippen LogP) is 5.65. The Balaban J connectivity index is 2.93. The fraction of sp³-hybridized carbons (Fsp3) is 0.700. The summed E-state index contributed by atoms with van der Waals surface area (Å²) in [5.74, 6) is 1.33. The zero-order chi connectivity index (χ0) is 15.5. The van der Waals surface area contributed by atoms with E-state index in [1.54, 1.807) is 0 Å². The fourth-order valence-electron chi connectivity index (χ4n) is 3.51. The molecule has 0 aromatic rings. The zero-order valence-electron chi connectivity index (χ0n) is 14.4. The molecule has 21 heavy (non-hydrogen) atoms. The molecule has 0 fully saturated rings. The van der Waals surface area contributed by atoms with E-state index in [4.69, 9.17) is 0 Å². The van der Waals surface area contributed by atoms with Crippen molar-refractivity contribution in [1.82, 2.24) is 5.32 Å². The van der Waals surface area contributed by atoms with E-state index in [1.807, 2.05) is 0 Å². The van der Waals surface area contributed by atoms with Gasteiger partial charge in [-0.2, -0.15) is 0 Å². The Hall–Kier alpha value is -0.820. The molecule has 3 unspecified atom stereocenters. The summed E-state index contributed by atoms with van der Waals surface area (Å²) in [6.45, 7) is 8.61. The predicted molar refractivity (Wildman–Crippen MR) is 95.5 cm³/mol. The van der Waals surface area contributed by atoms with Gasteiger partial charge in [-0.1, -0.05) is 70.4 Å². The van der Waals surface area contributed by atoms with Crippen molar-refractivity contribution < 1.29 is 0 Å². The second kappa shape index (κ2) is 10.8. The molecule has 1 N–H and O–H groups in total. The van der Waals surface area contributed by atoms with Crippen molar-refractivity contribution >= 4 is 0 Å². The molecule has 1 aliphatic carbocycles. The van der Waals surface area contributed by atoms with Crippen molar-refractivity contribution in [3.8, 4) is 0 Å². The largest absolute Gasteiger partial charge is 0.317 e. The number of allylic oxidation sites excluding steroid dienone is 4. The van der Waals surface area contributed by atoms with Gasteiger partial charge in [0.1, 0.15) is 0 Å².